The Balaban J connectivity index is 2.27. The second-order valence-electron chi connectivity index (χ2n) is 4.94. The molecule has 0 amide bonds. The molecule has 1 heterocycles. The lowest BCUT2D eigenvalue weighted by molar-refractivity contribution is -0.0297. The molecule has 5 heteroatoms. The molecule has 0 aliphatic carbocycles. The summed E-state index contributed by atoms with van der Waals surface area (Å²) in [5, 5.41) is 0. The molecule has 1 aromatic rings. The van der Waals surface area contributed by atoms with Gasteiger partial charge in [-0.05, 0) is 32.0 Å². The SMILES string of the molecule is CC(C)(N)CC(F)(F)c1ccc2c(c1)OCO2. The summed E-state index contributed by atoms with van der Waals surface area (Å²) in [6.45, 7) is 3.23. The number of benzene rings is 1. The molecule has 17 heavy (non-hydrogen) atoms. The molecule has 2 N–H and O–H groups in total. The van der Waals surface area contributed by atoms with Crippen molar-refractivity contribution in [2.45, 2.75) is 31.7 Å². The zero-order valence-corrected chi connectivity index (χ0v) is 9.80. The Morgan fingerprint density at radius 2 is 1.88 bits per heavy atom. The van der Waals surface area contributed by atoms with E-state index in [0.29, 0.717) is 11.5 Å². The van der Waals surface area contributed by atoms with Crippen LogP contribution in [0.3, 0.4) is 0 Å². The zero-order valence-electron chi connectivity index (χ0n) is 9.80. The van der Waals surface area contributed by atoms with Crippen molar-refractivity contribution in [1.29, 1.82) is 0 Å². The van der Waals surface area contributed by atoms with E-state index in [1.165, 1.54) is 18.2 Å². The fourth-order valence-electron chi connectivity index (χ4n) is 1.80. The summed E-state index contributed by atoms with van der Waals surface area (Å²) >= 11 is 0. The van der Waals surface area contributed by atoms with Crippen LogP contribution in [0, 0.1) is 0 Å². The first-order valence-electron chi connectivity index (χ1n) is 5.35. The summed E-state index contributed by atoms with van der Waals surface area (Å²) in [6, 6.07) is 4.16. The van der Waals surface area contributed by atoms with Crippen LogP contribution in [0.1, 0.15) is 25.8 Å². The largest absolute Gasteiger partial charge is 0.454 e. The van der Waals surface area contributed by atoms with E-state index in [2.05, 4.69) is 0 Å². The fourth-order valence-corrected chi connectivity index (χ4v) is 1.80. The molecule has 0 saturated carbocycles. The third-order valence-corrected chi connectivity index (χ3v) is 2.47. The lowest BCUT2D eigenvalue weighted by atomic mass is 9.93. The molecule has 0 bridgehead atoms. The molecular weight excluding hydrogens is 228 g/mol. The van der Waals surface area contributed by atoms with Crippen LogP contribution >= 0.6 is 0 Å². The Kier molecular flexibility index (Phi) is 2.73. The van der Waals surface area contributed by atoms with E-state index in [1.54, 1.807) is 13.8 Å². The average molecular weight is 243 g/mol. The van der Waals surface area contributed by atoms with Crippen molar-refractivity contribution in [2.75, 3.05) is 6.79 Å². The Hall–Kier alpha value is -1.36. The van der Waals surface area contributed by atoms with Crippen LogP contribution < -0.4 is 15.2 Å². The molecule has 1 aliphatic heterocycles. The number of hydrogen-bond donors (Lipinski definition) is 1. The Morgan fingerprint density at radius 3 is 2.53 bits per heavy atom. The molecule has 0 spiro atoms. The summed E-state index contributed by atoms with van der Waals surface area (Å²) in [6.07, 6.45) is -0.417. The molecule has 0 aromatic heterocycles. The van der Waals surface area contributed by atoms with Crippen LogP contribution in [0.5, 0.6) is 11.5 Å². The molecule has 94 valence electrons. The van der Waals surface area contributed by atoms with Crippen molar-refractivity contribution in [3.63, 3.8) is 0 Å². The Morgan fingerprint density at radius 1 is 1.24 bits per heavy atom. The van der Waals surface area contributed by atoms with E-state index in [9.17, 15) is 8.78 Å². The minimum absolute atomic E-state index is 0.0761. The van der Waals surface area contributed by atoms with Gasteiger partial charge in [0.05, 0.1) is 0 Å². The number of alkyl halides is 2. The van der Waals surface area contributed by atoms with Gasteiger partial charge in [-0.3, -0.25) is 0 Å². The van der Waals surface area contributed by atoms with Gasteiger partial charge in [0.25, 0.3) is 5.92 Å². The number of ether oxygens (including phenoxy) is 2. The minimum Gasteiger partial charge on any atom is -0.454 e. The third kappa shape index (κ3) is 2.66. The smallest absolute Gasteiger partial charge is 0.275 e. The maximum Gasteiger partial charge on any atom is 0.275 e. The summed E-state index contributed by atoms with van der Waals surface area (Å²) in [5.41, 5.74) is 4.61. The van der Waals surface area contributed by atoms with Crippen molar-refractivity contribution >= 4 is 0 Å². The lowest BCUT2D eigenvalue weighted by Crippen LogP contribution is -2.38. The molecule has 0 saturated heterocycles. The van der Waals surface area contributed by atoms with Crippen molar-refractivity contribution in [3.8, 4) is 11.5 Å². The molecule has 3 nitrogen and oxygen atoms in total. The number of fused-ring (bicyclic) bond motifs is 1. The highest BCUT2D eigenvalue weighted by Gasteiger charge is 2.37. The van der Waals surface area contributed by atoms with Crippen molar-refractivity contribution in [2.24, 2.45) is 5.73 Å². The van der Waals surface area contributed by atoms with Gasteiger partial charge in [0.2, 0.25) is 6.79 Å². The van der Waals surface area contributed by atoms with E-state index in [0.717, 1.165) is 0 Å². The molecular formula is C12H15F2NO2. The number of nitrogens with two attached hydrogens (primary N) is 1. The normalized spacial score (nSPS) is 15.1. The number of hydrogen-bond acceptors (Lipinski definition) is 3. The van der Waals surface area contributed by atoms with Gasteiger partial charge in [-0.25, -0.2) is 8.78 Å². The van der Waals surface area contributed by atoms with Crippen LogP contribution in [0.2, 0.25) is 0 Å². The predicted octanol–water partition coefficient (Wildman–Crippen LogP) is 2.63. The second kappa shape index (κ2) is 3.84. The maximum atomic E-state index is 13.9. The van der Waals surface area contributed by atoms with E-state index >= 15 is 0 Å². The minimum atomic E-state index is -2.97. The molecule has 1 aliphatic rings. The fraction of sp³-hybridized carbons (Fsp3) is 0.500. The molecule has 2 rings (SSSR count). The Bertz CT molecular complexity index is 427. The molecule has 1 aromatic carbocycles. The quantitative estimate of drug-likeness (QED) is 0.887. The van der Waals surface area contributed by atoms with E-state index in [1.807, 2.05) is 0 Å². The summed E-state index contributed by atoms with van der Waals surface area (Å²) in [4.78, 5) is 0. The van der Waals surface area contributed by atoms with Gasteiger partial charge in [0, 0.05) is 17.5 Å². The Labute approximate surface area is 98.5 Å². The first-order chi connectivity index (χ1) is 7.78. The lowest BCUT2D eigenvalue weighted by Gasteiger charge is -2.26. The van der Waals surface area contributed by atoms with Gasteiger partial charge in [-0.1, -0.05) is 0 Å². The second-order valence-corrected chi connectivity index (χ2v) is 4.94. The summed E-state index contributed by atoms with van der Waals surface area (Å²) in [5.74, 6) is -2.12. The highest BCUT2D eigenvalue weighted by atomic mass is 19.3. The predicted molar refractivity (Wildman–Crippen MR) is 59.3 cm³/mol. The van der Waals surface area contributed by atoms with Gasteiger partial charge < -0.3 is 15.2 Å². The van der Waals surface area contributed by atoms with Crippen molar-refractivity contribution < 1.29 is 18.3 Å². The van der Waals surface area contributed by atoms with Crippen LogP contribution in [-0.4, -0.2) is 12.3 Å². The summed E-state index contributed by atoms with van der Waals surface area (Å²) in [7, 11) is 0. The van der Waals surface area contributed by atoms with Crippen LogP contribution in [0.25, 0.3) is 0 Å². The number of halogens is 2. The van der Waals surface area contributed by atoms with Crippen molar-refractivity contribution in [3.05, 3.63) is 23.8 Å². The average Bonchev–Trinajstić information content (AvgIpc) is 2.59. The monoisotopic (exact) mass is 243 g/mol. The van der Waals surface area contributed by atoms with Gasteiger partial charge in [-0.2, -0.15) is 0 Å². The van der Waals surface area contributed by atoms with Gasteiger partial charge in [-0.15, -0.1) is 0 Å². The van der Waals surface area contributed by atoms with Gasteiger partial charge >= 0.3 is 0 Å². The topological polar surface area (TPSA) is 44.5 Å². The van der Waals surface area contributed by atoms with E-state index < -0.39 is 17.9 Å². The van der Waals surface area contributed by atoms with Crippen molar-refractivity contribution in [1.82, 2.24) is 0 Å². The summed E-state index contributed by atoms with van der Waals surface area (Å²) < 4.78 is 38.0. The molecule has 0 atom stereocenters. The molecule has 0 radical (unpaired) electrons. The van der Waals surface area contributed by atoms with Gasteiger partial charge in [0.15, 0.2) is 11.5 Å². The standard InChI is InChI=1S/C12H15F2NO2/c1-11(2,15)6-12(13,14)8-3-4-9-10(5-8)17-7-16-9/h3-5H,6-7,15H2,1-2H3. The van der Waals surface area contributed by atoms with Gasteiger partial charge in [0.1, 0.15) is 0 Å². The van der Waals surface area contributed by atoms with E-state index in [-0.39, 0.29) is 12.4 Å². The first-order valence-corrected chi connectivity index (χ1v) is 5.35. The first kappa shape index (κ1) is 12.1. The van der Waals surface area contributed by atoms with E-state index in [4.69, 9.17) is 15.2 Å². The maximum absolute atomic E-state index is 13.9. The zero-order chi connectivity index (χ0) is 12.7. The van der Waals surface area contributed by atoms with Crippen LogP contribution in [0.15, 0.2) is 18.2 Å². The molecule has 0 fully saturated rings. The highest BCUT2D eigenvalue weighted by Crippen LogP contribution is 2.40. The molecule has 0 unspecified atom stereocenters. The third-order valence-electron chi connectivity index (χ3n) is 2.47. The van der Waals surface area contributed by atoms with Crippen LogP contribution in [-0.2, 0) is 5.92 Å². The van der Waals surface area contributed by atoms with Crippen LogP contribution in [0.4, 0.5) is 8.78 Å². The highest BCUT2D eigenvalue weighted by molar-refractivity contribution is 5.45. The number of rotatable bonds is 3.